The number of nitrogens with zero attached hydrogens (tertiary/aromatic N) is 3. The summed E-state index contributed by atoms with van der Waals surface area (Å²) in [6.07, 6.45) is 1.36. The van der Waals surface area contributed by atoms with Gasteiger partial charge in [0.05, 0.1) is 18.4 Å². The monoisotopic (exact) mass is 376 g/mol. The fourth-order valence-corrected chi connectivity index (χ4v) is 2.71. The number of carboxylic acids is 1. The number of H-pyrrole nitrogens is 1. The van der Waals surface area contributed by atoms with Crippen molar-refractivity contribution in [3.63, 3.8) is 0 Å². The molecule has 10 heteroatoms. The molecule has 0 saturated heterocycles. The van der Waals surface area contributed by atoms with E-state index in [4.69, 9.17) is 9.52 Å². The highest BCUT2D eigenvalue weighted by Gasteiger charge is 2.10. The van der Waals surface area contributed by atoms with Gasteiger partial charge >= 0.3 is 5.97 Å². The number of halogens is 1. The number of hydrogen-bond donors (Lipinski definition) is 2. The predicted molar refractivity (Wildman–Crippen MR) is 90.1 cm³/mol. The Morgan fingerprint density at radius 3 is 2.73 bits per heavy atom. The third-order valence-corrected chi connectivity index (χ3v) is 4.18. The van der Waals surface area contributed by atoms with Gasteiger partial charge in [-0.3, -0.25) is 14.6 Å². The van der Waals surface area contributed by atoms with Crippen LogP contribution in [0.1, 0.15) is 18.0 Å². The molecule has 0 amide bonds. The number of hydrogen-bond acceptors (Lipinski definition) is 7. The average molecular weight is 376 g/mol. The maximum absolute atomic E-state index is 12.9. The number of rotatable bonds is 7. The van der Waals surface area contributed by atoms with Crippen molar-refractivity contribution < 1.29 is 18.7 Å². The van der Waals surface area contributed by atoms with Crippen LogP contribution in [0.4, 0.5) is 4.39 Å². The zero-order chi connectivity index (χ0) is 18.5. The van der Waals surface area contributed by atoms with Crippen LogP contribution in [0.5, 0.6) is 0 Å². The first kappa shape index (κ1) is 17.8. The smallest absolute Gasteiger partial charge is 0.303 e. The van der Waals surface area contributed by atoms with E-state index in [1.165, 1.54) is 30.1 Å². The summed E-state index contributed by atoms with van der Waals surface area (Å²) in [5.74, 6) is -0.125. The van der Waals surface area contributed by atoms with Gasteiger partial charge in [0.15, 0.2) is 10.9 Å². The Hall–Kier alpha value is -3.01. The summed E-state index contributed by atoms with van der Waals surface area (Å²) in [6.45, 7) is 0. The van der Waals surface area contributed by atoms with Gasteiger partial charge in [0.2, 0.25) is 5.89 Å². The molecule has 0 atom stereocenters. The first-order chi connectivity index (χ1) is 12.5. The molecule has 0 bridgehead atoms. The summed E-state index contributed by atoms with van der Waals surface area (Å²) in [6, 6.07) is 5.84. The number of aromatic nitrogens is 4. The van der Waals surface area contributed by atoms with E-state index in [0.29, 0.717) is 23.0 Å². The summed E-state index contributed by atoms with van der Waals surface area (Å²) in [5, 5.41) is 16.5. The Bertz CT molecular complexity index is 971. The number of thioether (sulfide) groups is 1. The van der Waals surface area contributed by atoms with Gasteiger partial charge in [-0.25, -0.2) is 9.37 Å². The molecule has 3 aromatic rings. The number of carboxylic acid groups (broad SMARTS) is 1. The fraction of sp³-hybridized carbons (Fsp3) is 0.188. The van der Waals surface area contributed by atoms with Gasteiger partial charge in [0.1, 0.15) is 11.5 Å². The second-order valence-electron chi connectivity index (χ2n) is 5.21. The molecule has 0 spiro atoms. The van der Waals surface area contributed by atoms with Gasteiger partial charge in [0.25, 0.3) is 5.56 Å². The minimum absolute atomic E-state index is 0.0172. The predicted octanol–water partition coefficient (Wildman–Crippen LogP) is 2.27. The van der Waals surface area contributed by atoms with Crippen LogP contribution in [-0.4, -0.2) is 31.2 Å². The van der Waals surface area contributed by atoms with Crippen molar-refractivity contribution in [2.24, 2.45) is 0 Å². The highest BCUT2D eigenvalue weighted by Crippen LogP contribution is 2.24. The van der Waals surface area contributed by atoms with E-state index in [-0.39, 0.29) is 29.5 Å². The number of aliphatic carboxylic acids is 1. The molecular weight excluding hydrogens is 363 g/mol. The quantitative estimate of drug-likeness (QED) is 0.602. The number of benzene rings is 1. The normalized spacial score (nSPS) is 10.8. The van der Waals surface area contributed by atoms with E-state index in [2.05, 4.69) is 20.2 Å². The molecule has 2 N–H and O–H groups in total. The largest absolute Gasteiger partial charge is 0.481 e. The Labute approximate surface area is 150 Å². The third-order valence-electron chi connectivity index (χ3n) is 3.33. The number of aromatic amines is 1. The van der Waals surface area contributed by atoms with Crippen LogP contribution in [0.25, 0.3) is 11.3 Å². The van der Waals surface area contributed by atoms with Crippen LogP contribution >= 0.6 is 11.8 Å². The zero-order valence-corrected chi connectivity index (χ0v) is 14.1. The van der Waals surface area contributed by atoms with Crippen molar-refractivity contribution in [1.82, 2.24) is 20.2 Å². The topological polar surface area (TPSA) is 122 Å². The Morgan fingerprint density at radius 1 is 1.27 bits per heavy atom. The molecule has 0 aliphatic carbocycles. The third kappa shape index (κ3) is 4.54. The molecule has 2 heterocycles. The molecule has 134 valence electrons. The van der Waals surface area contributed by atoms with Gasteiger partial charge in [0, 0.05) is 12.0 Å². The molecule has 0 fully saturated rings. The van der Waals surface area contributed by atoms with E-state index in [0.717, 1.165) is 0 Å². The lowest BCUT2D eigenvalue weighted by atomic mass is 10.2. The number of aryl methyl sites for hydroxylation is 1. The summed E-state index contributed by atoms with van der Waals surface area (Å²) >= 11 is 1.17. The van der Waals surface area contributed by atoms with Gasteiger partial charge in [-0.15, -0.1) is 10.2 Å². The molecule has 0 aliphatic rings. The lowest BCUT2D eigenvalue weighted by Gasteiger charge is -2.00. The number of nitrogens with one attached hydrogen (secondary N) is 1. The Kier molecular flexibility index (Phi) is 5.42. The van der Waals surface area contributed by atoms with Crippen molar-refractivity contribution >= 4 is 17.7 Å². The minimum Gasteiger partial charge on any atom is -0.481 e. The minimum atomic E-state index is -1.01. The van der Waals surface area contributed by atoms with E-state index < -0.39 is 11.5 Å². The fourth-order valence-electron chi connectivity index (χ4n) is 2.05. The molecule has 0 unspecified atom stereocenters. The SMILES string of the molecule is O=C(O)CCc1nnc(SCc2ncc(-c3ccc(F)cc3)o2)[nH]c1=O. The summed E-state index contributed by atoms with van der Waals surface area (Å²) in [4.78, 5) is 29.1. The average Bonchev–Trinajstić information content (AvgIpc) is 3.08. The van der Waals surface area contributed by atoms with Crippen molar-refractivity contribution in [1.29, 1.82) is 0 Å². The molecule has 2 aromatic heterocycles. The van der Waals surface area contributed by atoms with E-state index in [1.807, 2.05) is 0 Å². The molecular formula is C16H13FN4O4S. The first-order valence-electron chi connectivity index (χ1n) is 7.52. The van der Waals surface area contributed by atoms with Crippen LogP contribution in [0, 0.1) is 5.82 Å². The zero-order valence-electron chi connectivity index (χ0n) is 13.3. The van der Waals surface area contributed by atoms with Crippen LogP contribution in [0.3, 0.4) is 0 Å². The Morgan fingerprint density at radius 2 is 2.04 bits per heavy atom. The molecule has 3 rings (SSSR count). The first-order valence-corrected chi connectivity index (χ1v) is 8.51. The molecule has 1 aromatic carbocycles. The van der Waals surface area contributed by atoms with Crippen molar-refractivity contribution in [2.45, 2.75) is 23.8 Å². The second kappa shape index (κ2) is 7.91. The highest BCUT2D eigenvalue weighted by molar-refractivity contribution is 7.98. The standard InChI is InChI=1S/C16H13FN4O4S/c17-10-3-1-9(2-4-10)12-7-18-13(25-12)8-26-16-19-15(24)11(20-21-16)5-6-14(22)23/h1-4,7H,5-6,8H2,(H,22,23)(H,19,21,24). The summed E-state index contributed by atoms with van der Waals surface area (Å²) < 4.78 is 18.5. The van der Waals surface area contributed by atoms with Gasteiger partial charge in [-0.1, -0.05) is 11.8 Å². The summed E-state index contributed by atoms with van der Waals surface area (Å²) in [7, 11) is 0. The summed E-state index contributed by atoms with van der Waals surface area (Å²) in [5.41, 5.74) is 0.306. The second-order valence-corrected chi connectivity index (χ2v) is 6.18. The van der Waals surface area contributed by atoms with Crippen molar-refractivity contribution in [3.05, 3.63) is 58.2 Å². The van der Waals surface area contributed by atoms with Gasteiger partial charge < -0.3 is 9.52 Å². The van der Waals surface area contributed by atoms with Crippen molar-refractivity contribution in [2.75, 3.05) is 0 Å². The lowest BCUT2D eigenvalue weighted by Crippen LogP contribution is -2.18. The van der Waals surface area contributed by atoms with Crippen LogP contribution in [0.2, 0.25) is 0 Å². The maximum atomic E-state index is 12.9. The van der Waals surface area contributed by atoms with Crippen LogP contribution in [-0.2, 0) is 17.0 Å². The van der Waals surface area contributed by atoms with Gasteiger partial charge in [-0.2, -0.15) is 0 Å². The molecule has 8 nitrogen and oxygen atoms in total. The van der Waals surface area contributed by atoms with Gasteiger partial charge in [-0.05, 0) is 24.3 Å². The highest BCUT2D eigenvalue weighted by atomic mass is 32.2. The van der Waals surface area contributed by atoms with Crippen LogP contribution in [0.15, 0.2) is 44.8 Å². The molecule has 0 aliphatic heterocycles. The van der Waals surface area contributed by atoms with E-state index in [9.17, 15) is 14.0 Å². The Balaban J connectivity index is 1.62. The molecule has 0 radical (unpaired) electrons. The van der Waals surface area contributed by atoms with E-state index >= 15 is 0 Å². The lowest BCUT2D eigenvalue weighted by molar-refractivity contribution is -0.136. The van der Waals surface area contributed by atoms with Crippen molar-refractivity contribution in [3.8, 4) is 11.3 Å². The molecule has 0 saturated carbocycles. The van der Waals surface area contributed by atoms with Crippen LogP contribution < -0.4 is 5.56 Å². The number of oxazole rings is 1. The number of carbonyl (C=O) groups is 1. The maximum Gasteiger partial charge on any atom is 0.303 e. The molecule has 26 heavy (non-hydrogen) atoms. The van der Waals surface area contributed by atoms with E-state index in [1.54, 1.807) is 12.1 Å².